The topological polar surface area (TPSA) is 66.4 Å². The standard InChI is InChI=1S/C24H39NO3S/c1-2-3-20-29-22-17-15-14-16-21(22)25-23(26)18-12-10-8-6-4-5-7-9-11-13-19-24(27)28/h14-17H,2-13,18-20H2,1H3,(H,25,26)(H,27,28). The summed E-state index contributed by atoms with van der Waals surface area (Å²) in [7, 11) is 0. The molecular weight excluding hydrogens is 382 g/mol. The summed E-state index contributed by atoms with van der Waals surface area (Å²) in [6.07, 6.45) is 14.4. The number of rotatable bonds is 18. The van der Waals surface area contributed by atoms with Gasteiger partial charge in [-0.05, 0) is 37.1 Å². The van der Waals surface area contributed by atoms with Crippen LogP contribution in [0.5, 0.6) is 0 Å². The van der Waals surface area contributed by atoms with Crippen LogP contribution in [0.15, 0.2) is 29.2 Å². The third-order valence-electron chi connectivity index (χ3n) is 4.96. The molecule has 0 radical (unpaired) electrons. The molecule has 0 aromatic heterocycles. The van der Waals surface area contributed by atoms with E-state index < -0.39 is 5.97 Å². The van der Waals surface area contributed by atoms with Crippen molar-refractivity contribution in [1.29, 1.82) is 0 Å². The second-order valence-electron chi connectivity index (χ2n) is 7.68. The number of hydrogen-bond acceptors (Lipinski definition) is 3. The van der Waals surface area contributed by atoms with Gasteiger partial charge in [0, 0.05) is 17.7 Å². The minimum absolute atomic E-state index is 0.120. The predicted molar refractivity (Wildman–Crippen MR) is 124 cm³/mol. The van der Waals surface area contributed by atoms with Crippen molar-refractivity contribution in [2.45, 2.75) is 102 Å². The second-order valence-corrected chi connectivity index (χ2v) is 8.81. The summed E-state index contributed by atoms with van der Waals surface area (Å²) in [6.45, 7) is 2.19. The first kappa shape index (κ1) is 25.5. The van der Waals surface area contributed by atoms with Gasteiger partial charge in [-0.25, -0.2) is 0 Å². The lowest BCUT2D eigenvalue weighted by Crippen LogP contribution is -2.11. The molecule has 0 aliphatic carbocycles. The van der Waals surface area contributed by atoms with E-state index in [0.29, 0.717) is 12.8 Å². The molecule has 0 heterocycles. The number of carbonyl (C=O) groups is 2. The number of carbonyl (C=O) groups excluding carboxylic acids is 1. The number of carboxylic acid groups (broad SMARTS) is 1. The average molecular weight is 422 g/mol. The number of thioether (sulfide) groups is 1. The van der Waals surface area contributed by atoms with E-state index in [0.717, 1.165) is 48.4 Å². The zero-order valence-corrected chi connectivity index (χ0v) is 18.9. The largest absolute Gasteiger partial charge is 0.481 e. The van der Waals surface area contributed by atoms with Gasteiger partial charge in [-0.1, -0.05) is 76.8 Å². The van der Waals surface area contributed by atoms with Gasteiger partial charge in [0.2, 0.25) is 5.91 Å². The zero-order chi connectivity index (χ0) is 21.2. The highest BCUT2D eigenvalue weighted by Gasteiger charge is 2.07. The molecule has 0 aliphatic heterocycles. The maximum absolute atomic E-state index is 12.2. The predicted octanol–water partition coefficient (Wildman–Crippen LogP) is 7.28. The molecule has 1 aromatic carbocycles. The highest BCUT2D eigenvalue weighted by atomic mass is 32.2. The number of unbranched alkanes of at least 4 members (excludes halogenated alkanes) is 10. The van der Waals surface area contributed by atoms with Crippen molar-refractivity contribution in [2.75, 3.05) is 11.1 Å². The van der Waals surface area contributed by atoms with Crippen molar-refractivity contribution in [3.63, 3.8) is 0 Å². The fraction of sp³-hybridized carbons (Fsp3) is 0.667. The maximum atomic E-state index is 12.2. The van der Waals surface area contributed by atoms with E-state index in [1.54, 1.807) is 0 Å². The van der Waals surface area contributed by atoms with E-state index in [-0.39, 0.29) is 5.91 Å². The van der Waals surface area contributed by atoms with Crippen molar-refractivity contribution in [2.24, 2.45) is 0 Å². The van der Waals surface area contributed by atoms with Crippen LogP contribution in [0, 0.1) is 0 Å². The second kappa shape index (κ2) is 17.4. The summed E-state index contributed by atoms with van der Waals surface area (Å²) in [5.74, 6) is 0.523. The maximum Gasteiger partial charge on any atom is 0.303 e. The first-order chi connectivity index (χ1) is 14.1. The molecule has 0 aliphatic rings. The van der Waals surface area contributed by atoms with Gasteiger partial charge >= 0.3 is 5.97 Å². The molecule has 1 rings (SSSR count). The number of nitrogens with one attached hydrogen (secondary N) is 1. The lowest BCUT2D eigenvalue weighted by Gasteiger charge is -2.10. The third-order valence-corrected chi connectivity index (χ3v) is 6.12. The van der Waals surface area contributed by atoms with Crippen molar-refractivity contribution in [3.05, 3.63) is 24.3 Å². The Bertz CT molecular complexity index is 577. The zero-order valence-electron chi connectivity index (χ0n) is 18.1. The molecule has 2 N–H and O–H groups in total. The molecule has 0 unspecified atom stereocenters. The number of hydrogen-bond donors (Lipinski definition) is 2. The number of anilines is 1. The van der Waals surface area contributed by atoms with Crippen LogP contribution in [0.1, 0.15) is 96.8 Å². The van der Waals surface area contributed by atoms with Crippen LogP contribution in [0.4, 0.5) is 5.69 Å². The average Bonchev–Trinajstić information content (AvgIpc) is 2.70. The van der Waals surface area contributed by atoms with E-state index in [2.05, 4.69) is 18.3 Å². The molecule has 29 heavy (non-hydrogen) atoms. The van der Waals surface area contributed by atoms with E-state index in [1.807, 2.05) is 30.0 Å². The Morgan fingerprint density at radius 2 is 1.38 bits per heavy atom. The van der Waals surface area contributed by atoms with Crippen LogP contribution in [-0.2, 0) is 9.59 Å². The third kappa shape index (κ3) is 14.2. The Kier molecular flexibility index (Phi) is 15.3. The monoisotopic (exact) mass is 421 g/mol. The molecule has 0 fully saturated rings. The van der Waals surface area contributed by atoms with Crippen LogP contribution in [0.3, 0.4) is 0 Å². The Morgan fingerprint density at radius 3 is 1.97 bits per heavy atom. The van der Waals surface area contributed by atoms with Gasteiger partial charge in [0.1, 0.15) is 0 Å². The summed E-state index contributed by atoms with van der Waals surface area (Å²) in [5, 5.41) is 11.7. The van der Waals surface area contributed by atoms with Gasteiger partial charge in [0.25, 0.3) is 0 Å². The highest BCUT2D eigenvalue weighted by Crippen LogP contribution is 2.28. The molecule has 0 spiro atoms. The molecular formula is C24H39NO3S. The Morgan fingerprint density at radius 1 is 0.828 bits per heavy atom. The Hall–Kier alpha value is -1.49. The minimum Gasteiger partial charge on any atom is -0.481 e. The summed E-state index contributed by atoms with van der Waals surface area (Å²) < 4.78 is 0. The number of aliphatic carboxylic acids is 1. The summed E-state index contributed by atoms with van der Waals surface area (Å²) >= 11 is 1.82. The van der Waals surface area contributed by atoms with Gasteiger partial charge in [-0.3, -0.25) is 9.59 Å². The van der Waals surface area contributed by atoms with Crippen LogP contribution in [-0.4, -0.2) is 22.7 Å². The normalized spacial score (nSPS) is 10.8. The van der Waals surface area contributed by atoms with Crippen molar-refractivity contribution >= 4 is 29.3 Å². The van der Waals surface area contributed by atoms with Gasteiger partial charge in [0.05, 0.1) is 5.69 Å². The van der Waals surface area contributed by atoms with Gasteiger partial charge in [0.15, 0.2) is 0 Å². The number of para-hydroxylation sites is 1. The SMILES string of the molecule is CCCCSc1ccccc1NC(=O)CCCCCCCCCCCCC(=O)O. The first-order valence-electron chi connectivity index (χ1n) is 11.4. The number of benzene rings is 1. The van der Waals surface area contributed by atoms with Gasteiger partial charge in [-0.2, -0.15) is 0 Å². The first-order valence-corrected chi connectivity index (χ1v) is 12.4. The molecule has 4 nitrogen and oxygen atoms in total. The highest BCUT2D eigenvalue weighted by molar-refractivity contribution is 7.99. The summed E-state index contributed by atoms with van der Waals surface area (Å²) in [6, 6.07) is 8.08. The lowest BCUT2D eigenvalue weighted by atomic mass is 10.1. The quantitative estimate of drug-likeness (QED) is 0.193. The Balaban J connectivity index is 2.03. The molecule has 164 valence electrons. The smallest absolute Gasteiger partial charge is 0.303 e. The van der Waals surface area contributed by atoms with Crippen molar-refractivity contribution in [3.8, 4) is 0 Å². The molecule has 5 heteroatoms. The Labute approximate surface area is 181 Å². The van der Waals surface area contributed by atoms with Crippen LogP contribution >= 0.6 is 11.8 Å². The fourth-order valence-electron chi connectivity index (χ4n) is 3.21. The number of carboxylic acids is 1. The van der Waals surface area contributed by atoms with E-state index >= 15 is 0 Å². The summed E-state index contributed by atoms with van der Waals surface area (Å²) in [4.78, 5) is 23.8. The molecule has 0 saturated carbocycles. The van der Waals surface area contributed by atoms with Gasteiger partial charge in [-0.15, -0.1) is 11.8 Å². The lowest BCUT2D eigenvalue weighted by molar-refractivity contribution is -0.137. The molecule has 0 bridgehead atoms. The van der Waals surface area contributed by atoms with Crippen LogP contribution in [0.2, 0.25) is 0 Å². The van der Waals surface area contributed by atoms with Crippen molar-refractivity contribution < 1.29 is 14.7 Å². The number of amides is 1. The minimum atomic E-state index is -0.686. The molecule has 0 atom stereocenters. The molecule has 0 saturated heterocycles. The molecule has 1 aromatic rings. The van der Waals surface area contributed by atoms with Gasteiger partial charge < -0.3 is 10.4 Å². The van der Waals surface area contributed by atoms with Crippen LogP contribution in [0.25, 0.3) is 0 Å². The van der Waals surface area contributed by atoms with E-state index in [4.69, 9.17) is 5.11 Å². The summed E-state index contributed by atoms with van der Waals surface area (Å²) in [5.41, 5.74) is 0.946. The van der Waals surface area contributed by atoms with Crippen molar-refractivity contribution in [1.82, 2.24) is 0 Å². The van der Waals surface area contributed by atoms with Crippen LogP contribution < -0.4 is 5.32 Å². The molecule has 1 amide bonds. The fourth-order valence-corrected chi connectivity index (χ4v) is 4.31. The van der Waals surface area contributed by atoms with E-state index in [9.17, 15) is 9.59 Å². The van der Waals surface area contributed by atoms with E-state index in [1.165, 1.54) is 44.9 Å².